The minimum atomic E-state index is 0.519. The van der Waals surface area contributed by atoms with Crippen LogP contribution in [0, 0.1) is 13.8 Å². The second kappa shape index (κ2) is 4.13. The average Bonchev–Trinajstić information content (AvgIpc) is 2.68. The van der Waals surface area contributed by atoms with Crippen molar-refractivity contribution in [1.29, 1.82) is 0 Å². The van der Waals surface area contributed by atoms with Crippen LogP contribution in [0.15, 0.2) is 12.1 Å². The Morgan fingerprint density at radius 1 is 1.28 bits per heavy atom. The second-order valence-corrected chi connectivity index (χ2v) is 5.56. The van der Waals surface area contributed by atoms with Gasteiger partial charge in [-0.3, -0.25) is 0 Å². The third-order valence-electron chi connectivity index (χ3n) is 4.63. The van der Waals surface area contributed by atoms with E-state index in [9.17, 15) is 0 Å². The number of nitrogens with zero attached hydrogens (tertiary/aromatic N) is 1. The highest BCUT2D eigenvalue weighted by atomic mass is 15.0. The van der Waals surface area contributed by atoms with Crippen LogP contribution in [0.2, 0.25) is 0 Å². The van der Waals surface area contributed by atoms with E-state index < -0.39 is 0 Å². The SMILES string of the molecule is CNC1CCCc2c1n(C)c1c(C)c(C)ccc21. The van der Waals surface area contributed by atoms with E-state index in [1.807, 2.05) is 0 Å². The molecule has 1 unspecified atom stereocenters. The molecule has 2 aromatic rings. The van der Waals surface area contributed by atoms with Crippen molar-refractivity contribution in [3.05, 3.63) is 34.5 Å². The van der Waals surface area contributed by atoms with Gasteiger partial charge < -0.3 is 9.88 Å². The largest absolute Gasteiger partial charge is 0.346 e. The predicted octanol–water partition coefficient (Wildman–Crippen LogP) is 3.39. The molecular weight excluding hydrogens is 220 g/mol. The normalized spacial score (nSPS) is 19.2. The van der Waals surface area contributed by atoms with Gasteiger partial charge in [-0.05, 0) is 56.8 Å². The highest BCUT2D eigenvalue weighted by molar-refractivity contribution is 5.89. The molecule has 1 aromatic carbocycles. The summed E-state index contributed by atoms with van der Waals surface area (Å²) in [6, 6.07) is 5.10. The van der Waals surface area contributed by atoms with Gasteiger partial charge >= 0.3 is 0 Å². The molecule has 0 radical (unpaired) electrons. The van der Waals surface area contributed by atoms with E-state index in [0.29, 0.717) is 6.04 Å². The molecule has 0 aliphatic heterocycles. The summed E-state index contributed by atoms with van der Waals surface area (Å²) in [5.41, 5.74) is 7.33. The molecule has 1 aliphatic carbocycles. The maximum Gasteiger partial charge on any atom is 0.0515 e. The van der Waals surface area contributed by atoms with Crippen LogP contribution >= 0.6 is 0 Å². The van der Waals surface area contributed by atoms with Crippen molar-refractivity contribution in [3.63, 3.8) is 0 Å². The third kappa shape index (κ3) is 1.45. The van der Waals surface area contributed by atoms with Crippen molar-refractivity contribution >= 4 is 10.9 Å². The van der Waals surface area contributed by atoms with E-state index in [0.717, 1.165) is 0 Å². The molecule has 1 heterocycles. The summed E-state index contributed by atoms with van der Waals surface area (Å²) in [5, 5.41) is 4.94. The molecule has 1 aromatic heterocycles. The second-order valence-electron chi connectivity index (χ2n) is 5.56. The molecule has 0 spiro atoms. The van der Waals surface area contributed by atoms with E-state index in [1.165, 1.54) is 47.0 Å². The summed E-state index contributed by atoms with van der Waals surface area (Å²) >= 11 is 0. The summed E-state index contributed by atoms with van der Waals surface area (Å²) in [7, 11) is 4.30. The Balaban J connectivity index is 2.38. The Hall–Kier alpha value is -1.28. The maximum atomic E-state index is 3.48. The van der Waals surface area contributed by atoms with Gasteiger partial charge in [0.25, 0.3) is 0 Å². The first-order valence-electron chi connectivity index (χ1n) is 6.89. The first-order chi connectivity index (χ1) is 8.65. The lowest BCUT2D eigenvalue weighted by Gasteiger charge is -2.24. The van der Waals surface area contributed by atoms with Gasteiger partial charge in [0.15, 0.2) is 0 Å². The van der Waals surface area contributed by atoms with Crippen LogP contribution in [-0.2, 0) is 13.5 Å². The van der Waals surface area contributed by atoms with Crippen molar-refractivity contribution in [2.24, 2.45) is 7.05 Å². The van der Waals surface area contributed by atoms with Crippen LogP contribution in [0.1, 0.15) is 41.3 Å². The van der Waals surface area contributed by atoms with Crippen molar-refractivity contribution in [1.82, 2.24) is 9.88 Å². The van der Waals surface area contributed by atoms with Crippen LogP contribution in [-0.4, -0.2) is 11.6 Å². The maximum absolute atomic E-state index is 3.48. The Morgan fingerprint density at radius 2 is 2.06 bits per heavy atom. The first-order valence-corrected chi connectivity index (χ1v) is 6.89. The lowest BCUT2D eigenvalue weighted by molar-refractivity contribution is 0.474. The molecule has 1 N–H and O–H groups in total. The average molecular weight is 242 g/mol. The fourth-order valence-electron chi connectivity index (χ4n) is 3.55. The Bertz CT molecular complexity index is 607. The number of rotatable bonds is 1. The van der Waals surface area contributed by atoms with Gasteiger partial charge in [-0.2, -0.15) is 0 Å². The molecule has 3 rings (SSSR count). The third-order valence-corrected chi connectivity index (χ3v) is 4.63. The number of benzene rings is 1. The van der Waals surface area contributed by atoms with Gasteiger partial charge in [-0.25, -0.2) is 0 Å². The van der Waals surface area contributed by atoms with Gasteiger partial charge in [-0.15, -0.1) is 0 Å². The monoisotopic (exact) mass is 242 g/mol. The summed E-state index contributed by atoms with van der Waals surface area (Å²) in [4.78, 5) is 0. The molecular formula is C16H22N2. The van der Waals surface area contributed by atoms with Gasteiger partial charge in [0.2, 0.25) is 0 Å². The summed E-state index contributed by atoms with van der Waals surface area (Å²) < 4.78 is 2.42. The minimum absolute atomic E-state index is 0.519. The van der Waals surface area contributed by atoms with Crippen molar-refractivity contribution < 1.29 is 0 Å². The highest BCUT2D eigenvalue weighted by Gasteiger charge is 2.25. The summed E-state index contributed by atoms with van der Waals surface area (Å²) in [6.07, 6.45) is 3.78. The number of fused-ring (bicyclic) bond motifs is 3. The van der Waals surface area contributed by atoms with E-state index in [2.05, 4.69) is 50.0 Å². The zero-order chi connectivity index (χ0) is 12.9. The minimum Gasteiger partial charge on any atom is -0.346 e. The Kier molecular flexibility index (Phi) is 2.70. The summed E-state index contributed by atoms with van der Waals surface area (Å²) in [5.74, 6) is 0. The number of aryl methyl sites for hydroxylation is 4. The number of hydrogen-bond acceptors (Lipinski definition) is 1. The standard InChI is InChI=1S/C16H22N2/c1-10-8-9-13-12-6-5-7-14(17-3)16(12)18(4)15(13)11(10)2/h8-9,14,17H,5-7H2,1-4H3. The summed E-state index contributed by atoms with van der Waals surface area (Å²) in [6.45, 7) is 4.45. The Morgan fingerprint density at radius 3 is 2.78 bits per heavy atom. The molecule has 0 saturated heterocycles. The molecule has 1 atom stereocenters. The van der Waals surface area contributed by atoms with E-state index in [1.54, 1.807) is 5.56 Å². The molecule has 0 fully saturated rings. The smallest absolute Gasteiger partial charge is 0.0515 e. The first kappa shape index (κ1) is 11.8. The zero-order valence-electron chi connectivity index (χ0n) is 11.8. The number of nitrogens with one attached hydrogen (secondary N) is 1. The van der Waals surface area contributed by atoms with Crippen LogP contribution in [0.5, 0.6) is 0 Å². The van der Waals surface area contributed by atoms with Crippen LogP contribution in [0.25, 0.3) is 10.9 Å². The van der Waals surface area contributed by atoms with Crippen LogP contribution < -0.4 is 5.32 Å². The molecule has 0 saturated carbocycles. The van der Waals surface area contributed by atoms with Crippen LogP contribution in [0.3, 0.4) is 0 Å². The predicted molar refractivity (Wildman–Crippen MR) is 77.1 cm³/mol. The fourth-order valence-corrected chi connectivity index (χ4v) is 3.55. The molecule has 2 nitrogen and oxygen atoms in total. The van der Waals surface area contributed by atoms with Gasteiger partial charge in [0.1, 0.15) is 0 Å². The molecule has 1 aliphatic rings. The zero-order valence-corrected chi connectivity index (χ0v) is 11.8. The lowest BCUT2D eigenvalue weighted by atomic mass is 9.91. The van der Waals surface area contributed by atoms with Crippen molar-refractivity contribution in [2.45, 2.75) is 39.2 Å². The quantitative estimate of drug-likeness (QED) is 0.811. The van der Waals surface area contributed by atoms with Crippen molar-refractivity contribution in [2.75, 3.05) is 7.05 Å². The number of hydrogen-bond donors (Lipinski definition) is 1. The molecule has 96 valence electrons. The molecule has 2 heteroatoms. The molecule has 0 bridgehead atoms. The highest BCUT2D eigenvalue weighted by Crippen LogP contribution is 2.38. The van der Waals surface area contributed by atoms with Gasteiger partial charge in [-0.1, -0.05) is 12.1 Å². The fraction of sp³-hybridized carbons (Fsp3) is 0.500. The van der Waals surface area contributed by atoms with E-state index >= 15 is 0 Å². The molecule has 0 amide bonds. The lowest BCUT2D eigenvalue weighted by Crippen LogP contribution is -2.23. The van der Waals surface area contributed by atoms with E-state index in [4.69, 9.17) is 0 Å². The Labute approximate surface area is 109 Å². The van der Waals surface area contributed by atoms with E-state index in [-0.39, 0.29) is 0 Å². The van der Waals surface area contributed by atoms with Gasteiger partial charge in [0, 0.05) is 24.2 Å². The topological polar surface area (TPSA) is 17.0 Å². The van der Waals surface area contributed by atoms with Crippen LogP contribution in [0.4, 0.5) is 0 Å². The van der Waals surface area contributed by atoms with Gasteiger partial charge in [0.05, 0.1) is 5.52 Å². The van der Waals surface area contributed by atoms with Crippen molar-refractivity contribution in [3.8, 4) is 0 Å². The number of aromatic nitrogens is 1. The molecule has 18 heavy (non-hydrogen) atoms.